The number of hydrogen-bond donors (Lipinski definition) is 1. The molecule has 2 rings (SSSR count). The average Bonchev–Trinajstić information content (AvgIpc) is 2.59. The van der Waals surface area contributed by atoms with Crippen LogP contribution in [-0.4, -0.2) is 15.0 Å². The summed E-state index contributed by atoms with van der Waals surface area (Å²) in [5, 5.41) is 1.46. The molecule has 0 spiro atoms. The van der Waals surface area contributed by atoms with Gasteiger partial charge in [-0.15, -0.1) is 0 Å². The summed E-state index contributed by atoms with van der Waals surface area (Å²) in [6.45, 7) is 4.22. The molecule has 80 valence electrons. The number of rotatable bonds is 2. The second-order valence-electron chi connectivity index (χ2n) is 3.54. The highest BCUT2D eigenvalue weighted by Crippen LogP contribution is 2.27. The van der Waals surface area contributed by atoms with Crippen LogP contribution in [0.4, 0.5) is 0 Å². The number of H-pyrrole nitrogens is 1. The van der Waals surface area contributed by atoms with Crippen molar-refractivity contribution in [2.45, 2.75) is 26.2 Å². The zero-order valence-electron chi connectivity index (χ0n) is 8.51. The maximum Gasteiger partial charge on any atom is 0.143 e. The lowest BCUT2D eigenvalue weighted by atomic mass is 10.1. The van der Waals surface area contributed by atoms with E-state index >= 15 is 0 Å². The van der Waals surface area contributed by atoms with E-state index in [-0.39, 0.29) is 0 Å². The van der Waals surface area contributed by atoms with Crippen LogP contribution >= 0.6 is 34.2 Å². The van der Waals surface area contributed by atoms with E-state index in [2.05, 4.69) is 51.4 Å². The third kappa shape index (κ3) is 1.97. The smallest absolute Gasteiger partial charge is 0.143 e. The number of nitrogens with one attached hydrogen (secondary N) is 1. The fourth-order valence-corrected chi connectivity index (χ4v) is 2.48. The van der Waals surface area contributed by atoms with Gasteiger partial charge in [0.15, 0.2) is 0 Å². The summed E-state index contributed by atoms with van der Waals surface area (Å²) in [7, 11) is 0. The second-order valence-corrected chi connectivity index (χ2v) is 5.06. The van der Waals surface area contributed by atoms with Gasteiger partial charge in [-0.05, 0) is 29.0 Å². The van der Waals surface area contributed by atoms with Crippen molar-refractivity contribution in [1.82, 2.24) is 15.0 Å². The van der Waals surface area contributed by atoms with Gasteiger partial charge in [0.1, 0.15) is 16.6 Å². The van der Waals surface area contributed by atoms with Crippen LogP contribution in [0.3, 0.4) is 0 Å². The Labute approximate surface area is 107 Å². The molecule has 1 N–H and O–H groups in total. The summed E-state index contributed by atoms with van der Waals surface area (Å²) in [5.74, 6) is 1.15. The normalized spacial score (nSPS) is 13.3. The fourth-order valence-electron chi connectivity index (χ4n) is 1.37. The molecule has 1 atom stereocenters. The topological polar surface area (TPSA) is 41.6 Å². The van der Waals surface area contributed by atoms with E-state index in [0.717, 1.165) is 26.8 Å². The summed E-state index contributed by atoms with van der Waals surface area (Å²) >= 11 is 8.36. The number of aromatic amines is 1. The monoisotopic (exact) mass is 335 g/mol. The first-order valence-corrected chi connectivity index (χ1v) is 6.29. The van der Waals surface area contributed by atoms with Crippen LogP contribution in [0.1, 0.15) is 32.0 Å². The molecule has 0 radical (unpaired) electrons. The molecule has 0 unspecified atom stereocenters. The largest absolute Gasteiger partial charge is 0.345 e. The molecule has 0 aliphatic carbocycles. The van der Waals surface area contributed by atoms with E-state index in [1.807, 2.05) is 6.20 Å². The van der Waals surface area contributed by atoms with Crippen LogP contribution in [-0.2, 0) is 0 Å². The molecule has 2 aromatic heterocycles. The fraction of sp³-hybridized carbons (Fsp3) is 0.400. The van der Waals surface area contributed by atoms with Crippen molar-refractivity contribution < 1.29 is 0 Å². The third-order valence-electron chi connectivity index (χ3n) is 2.51. The Balaban J connectivity index is 2.63. The van der Waals surface area contributed by atoms with E-state index in [4.69, 9.17) is 11.6 Å². The lowest BCUT2D eigenvalue weighted by molar-refractivity contribution is 0.682. The van der Waals surface area contributed by atoms with Crippen molar-refractivity contribution in [3.05, 3.63) is 20.7 Å². The van der Waals surface area contributed by atoms with E-state index < -0.39 is 0 Å². The minimum atomic E-state index is 0.341. The van der Waals surface area contributed by atoms with Gasteiger partial charge in [-0.25, -0.2) is 9.97 Å². The quantitative estimate of drug-likeness (QED) is 0.671. The van der Waals surface area contributed by atoms with Gasteiger partial charge in [-0.1, -0.05) is 25.4 Å². The first-order valence-electron chi connectivity index (χ1n) is 4.83. The van der Waals surface area contributed by atoms with E-state index in [1.165, 1.54) is 0 Å². The highest BCUT2D eigenvalue weighted by Gasteiger charge is 2.13. The summed E-state index contributed by atoms with van der Waals surface area (Å²) in [5.41, 5.74) is 0.828. The molecule has 0 aliphatic rings. The highest BCUT2D eigenvalue weighted by atomic mass is 127. The van der Waals surface area contributed by atoms with Gasteiger partial charge in [0.25, 0.3) is 0 Å². The Hall–Kier alpha value is -0.360. The van der Waals surface area contributed by atoms with Crippen molar-refractivity contribution in [3.8, 4) is 0 Å². The molecular formula is C10H11ClIN3. The SMILES string of the molecule is CC[C@H](C)c1nc(Cl)c2c(I)c[nH]c2n1. The Morgan fingerprint density at radius 1 is 1.53 bits per heavy atom. The van der Waals surface area contributed by atoms with Gasteiger partial charge in [-0.2, -0.15) is 0 Å². The van der Waals surface area contributed by atoms with Crippen LogP contribution in [0.25, 0.3) is 11.0 Å². The number of aromatic nitrogens is 3. The molecule has 0 aliphatic heterocycles. The van der Waals surface area contributed by atoms with Gasteiger partial charge in [-0.3, -0.25) is 0 Å². The first kappa shape index (κ1) is 11.1. The molecule has 0 saturated carbocycles. The molecule has 0 saturated heterocycles. The van der Waals surface area contributed by atoms with Gasteiger partial charge in [0, 0.05) is 15.7 Å². The van der Waals surface area contributed by atoms with Crippen LogP contribution in [0.2, 0.25) is 5.15 Å². The molecule has 2 aromatic rings. The molecular weight excluding hydrogens is 324 g/mol. The van der Waals surface area contributed by atoms with Crippen molar-refractivity contribution >= 4 is 45.2 Å². The van der Waals surface area contributed by atoms with Crippen LogP contribution in [0.15, 0.2) is 6.20 Å². The van der Waals surface area contributed by atoms with Gasteiger partial charge in [0.05, 0.1) is 5.39 Å². The van der Waals surface area contributed by atoms with Crippen molar-refractivity contribution in [2.75, 3.05) is 0 Å². The van der Waals surface area contributed by atoms with E-state index in [0.29, 0.717) is 11.1 Å². The maximum absolute atomic E-state index is 6.13. The standard InChI is InChI=1S/C10H11ClIN3/c1-3-5(2)9-14-8(11)7-6(12)4-13-10(7)15-9/h4-5H,3H2,1-2H3,(H,13,14,15)/t5-/m0/s1. The Morgan fingerprint density at radius 3 is 2.93 bits per heavy atom. The van der Waals surface area contributed by atoms with Gasteiger partial charge in [0.2, 0.25) is 0 Å². The highest BCUT2D eigenvalue weighted by molar-refractivity contribution is 14.1. The van der Waals surface area contributed by atoms with Crippen molar-refractivity contribution in [3.63, 3.8) is 0 Å². The third-order valence-corrected chi connectivity index (χ3v) is 3.63. The molecule has 2 heterocycles. The molecule has 0 fully saturated rings. The average molecular weight is 336 g/mol. The Bertz CT molecular complexity index is 495. The summed E-state index contributed by atoms with van der Waals surface area (Å²) in [6.07, 6.45) is 2.91. The number of fused-ring (bicyclic) bond motifs is 1. The second kappa shape index (κ2) is 4.25. The Morgan fingerprint density at radius 2 is 2.27 bits per heavy atom. The van der Waals surface area contributed by atoms with Crippen LogP contribution in [0.5, 0.6) is 0 Å². The van der Waals surface area contributed by atoms with Gasteiger partial charge >= 0.3 is 0 Å². The zero-order chi connectivity index (χ0) is 11.0. The minimum Gasteiger partial charge on any atom is -0.345 e. The molecule has 0 amide bonds. The maximum atomic E-state index is 6.13. The molecule has 0 aromatic carbocycles. The van der Waals surface area contributed by atoms with Crippen LogP contribution < -0.4 is 0 Å². The van der Waals surface area contributed by atoms with Crippen molar-refractivity contribution in [1.29, 1.82) is 0 Å². The number of halogens is 2. The zero-order valence-corrected chi connectivity index (χ0v) is 11.4. The predicted octanol–water partition coefficient (Wildman–Crippen LogP) is 3.73. The summed E-state index contributed by atoms with van der Waals surface area (Å²) in [6, 6.07) is 0. The number of nitrogens with zero attached hydrogens (tertiary/aromatic N) is 2. The first-order chi connectivity index (χ1) is 7.13. The summed E-state index contributed by atoms with van der Waals surface area (Å²) < 4.78 is 1.06. The minimum absolute atomic E-state index is 0.341. The molecule has 15 heavy (non-hydrogen) atoms. The molecule has 0 bridgehead atoms. The van der Waals surface area contributed by atoms with Crippen LogP contribution in [0, 0.1) is 3.57 Å². The van der Waals surface area contributed by atoms with E-state index in [9.17, 15) is 0 Å². The van der Waals surface area contributed by atoms with E-state index in [1.54, 1.807) is 0 Å². The Kier molecular flexibility index (Phi) is 3.16. The summed E-state index contributed by atoms with van der Waals surface area (Å²) in [4.78, 5) is 11.9. The lowest BCUT2D eigenvalue weighted by Gasteiger charge is -2.07. The molecule has 3 nitrogen and oxygen atoms in total. The van der Waals surface area contributed by atoms with Gasteiger partial charge < -0.3 is 4.98 Å². The molecule has 5 heteroatoms. The number of hydrogen-bond acceptors (Lipinski definition) is 2. The lowest BCUT2D eigenvalue weighted by Crippen LogP contribution is -2.00. The van der Waals surface area contributed by atoms with Crippen molar-refractivity contribution in [2.24, 2.45) is 0 Å². The predicted molar refractivity (Wildman–Crippen MR) is 70.3 cm³/mol.